The summed E-state index contributed by atoms with van der Waals surface area (Å²) in [5.74, 6) is 0.188. The fourth-order valence-electron chi connectivity index (χ4n) is 4.69. The first-order chi connectivity index (χ1) is 14.5. The fraction of sp³-hybridized carbons (Fsp3) is 0.304. The van der Waals surface area contributed by atoms with Crippen molar-refractivity contribution in [3.8, 4) is 6.07 Å². The number of pyridine rings is 2. The van der Waals surface area contributed by atoms with Crippen LogP contribution in [-0.4, -0.2) is 22.5 Å². The number of hydrogen-bond acceptors (Lipinski definition) is 5. The van der Waals surface area contributed by atoms with Crippen LogP contribution in [-0.2, 0) is 12.0 Å². The van der Waals surface area contributed by atoms with Crippen molar-refractivity contribution in [1.82, 2.24) is 9.97 Å². The second-order valence-electron chi connectivity index (χ2n) is 8.12. The van der Waals surface area contributed by atoms with Crippen LogP contribution in [0.4, 0.5) is 8.78 Å². The normalized spacial score (nSPS) is 24.8. The maximum atomic E-state index is 14.8. The van der Waals surface area contributed by atoms with Gasteiger partial charge >= 0.3 is 0 Å². The Morgan fingerprint density at radius 2 is 2.10 bits per heavy atom. The summed E-state index contributed by atoms with van der Waals surface area (Å²) < 4.78 is 29.2. The number of aliphatic imine (C=N–C) groups is 1. The minimum Gasteiger partial charge on any atom is -0.387 e. The van der Waals surface area contributed by atoms with E-state index >= 15 is 0 Å². The van der Waals surface area contributed by atoms with Crippen LogP contribution in [0.15, 0.2) is 47.7 Å². The maximum Gasteiger partial charge on any atom is 0.128 e. The predicted molar refractivity (Wildman–Crippen MR) is 109 cm³/mol. The summed E-state index contributed by atoms with van der Waals surface area (Å²) in [5.41, 5.74) is 7.64. The van der Waals surface area contributed by atoms with Crippen LogP contribution in [0.5, 0.6) is 0 Å². The van der Waals surface area contributed by atoms with Crippen molar-refractivity contribution >= 4 is 16.7 Å². The van der Waals surface area contributed by atoms with Crippen LogP contribution < -0.4 is 5.73 Å². The predicted octanol–water partition coefficient (Wildman–Crippen LogP) is 3.79. The number of amidine groups is 1. The number of fused-ring (bicyclic) bond motifs is 2. The van der Waals surface area contributed by atoms with Crippen molar-refractivity contribution in [2.75, 3.05) is 6.67 Å². The van der Waals surface area contributed by atoms with E-state index in [1.165, 1.54) is 12.3 Å². The van der Waals surface area contributed by atoms with Crippen molar-refractivity contribution in [2.45, 2.75) is 24.8 Å². The van der Waals surface area contributed by atoms with E-state index in [4.69, 9.17) is 11.0 Å². The third-order valence-corrected chi connectivity index (χ3v) is 6.23. The van der Waals surface area contributed by atoms with Gasteiger partial charge in [0.05, 0.1) is 22.6 Å². The number of alkyl halides is 1. The third-order valence-electron chi connectivity index (χ3n) is 6.23. The van der Waals surface area contributed by atoms with E-state index in [0.29, 0.717) is 35.5 Å². The Morgan fingerprint density at radius 3 is 2.90 bits per heavy atom. The van der Waals surface area contributed by atoms with Crippen molar-refractivity contribution < 1.29 is 8.78 Å². The molecule has 150 valence electrons. The molecule has 1 saturated carbocycles. The molecule has 0 radical (unpaired) electrons. The van der Waals surface area contributed by atoms with E-state index in [0.717, 1.165) is 17.4 Å². The molecule has 2 N–H and O–H groups in total. The Labute approximate surface area is 172 Å². The smallest absolute Gasteiger partial charge is 0.128 e. The van der Waals surface area contributed by atoms with E-state index in [1.54, 1.807) is 30.5 Å². The Bertz CT molecular complexity index is 1230. The first-order valence-corrected chi connectivity index (χ1v) is 9.87. The molecule has 1 aromatic carbocycles. The number of nitrogens with zero attached hydrogens (tertiary/aromatic N) is 4. The molecule has 3 heterocycles. The average molecular weight is 403 g/mol. The number of halogens is 2. The van der Waals surface area contributed by atoms with Gasteiger partial charge in [-0.15, -0.1) is 0 Å². The summed E-state index contributed by atoms with van der Waals surface area (Å²) in [6, 6.07) is 10.4. The number of nitriles is 1. The van der Waals surface area contributed by atoms with E-state index in [9.17, 15) is 8.78 Å². The van der Waals surface area contributed by atoms with Crippen LogP contribution in [0.3, 0.4) is 0 Å². The van der Waals surface area contributed by atoms with Crippen LogP contribution in [0.2, 0.25) is 0 Å². The molecule has 30 heavy (non-hydrogen) atoms. The molecule has 0 saturated heterocycles. The molecule has 0 spiro atoms. The molecule has 0 unspecified atom stereocenters. The molecule has 7 heteroatoms. The van der Waals surface area contributed by atoms with Crippen LogP contribution in [0.1, 0.15) is 35.2 Å². The highest BCUT2D eigenvalue weighted by Gasteiger charge is 2.57. The maximum absolute atomic E-state index is 14.8. The van der Waals surface area contributed by atoms with Crippen LogP contribution in [0, 0.1) is 29.0 Å². The van der Waals surface area contributed by atoms with E-state index in [1.807, 2.05) is 0 Å². The van der Waals surface area contributed by atoms with Gasteiger partial charge in [-0.3, -0.25) is 15.0 Å². The second kappa shape index (κ2) is 6.84. The van der Waals surface area contributed by atoms with Gasteiger partial charge in [0.1, 0.15) is 24.1 Å². The minimum absolute atomic E-state index is 0.0127. The monoisotopic (exact) mass is 403 g/mol. The van der Waals surface area contributed by atoms with Gasteiger partial charge in [-0.05, 0) is 48.1 Å². The zero-order valence-corrected chi connectivity index (χ0v) is 16.1. The Balaban J connectivity index is 1.56. The van der Waals surface area contributed by atoms with Crippen molar-refractivity contribution in [3.63, 3.8) is 0 Å². The van der Waals surface area contributed by atoms with Crippen molar-refractivity contribution in [2.24, 2.45) is 22.6 Å². The lowest BCUT2D eigenvalue weighted by Crippen LogP contribution is -2.37. The van der Waals surface area contributed by atoms with Gasteiger partial charge in [-0.2, -0.15) is 5.26 Å². The standard InChI is InChI=1S/C23H19F2N5/c24-12-23(17-8-16(17)9-21(27)30-23)18-6-13(1-2-19(18)25)7-20-22-15(3-4-28-20)5-14(10-26)11-29-22/h1-6,11,16-17H,7-9,12H2,(H2,27,30)/t16-,17-,23+/m1/s1. The van der Waals surface area contributed by atoms with Gasteiger partial charge in [0.2, 0.25) is 0 Å². The van der Waals surface area contributed by atoms with Crippen LogP contribution in [0.25, 0.3) is 10.9 Å². The molecule has 5 rings (SSSR count). The third kappa shape index (κ3) is 2.91. The van der Waals surface area contributed by atoms with E-state index < -0.39 is 18.0 Å². The van der Waals surface area contributed by atoms with Gasteiger partial charge in [0.25, 0.3) is 0 Å². The molecule has 1 fully saturated rings. The topological polar surface area (TPSA) is 88.0 Å². The summed E-state index contributed by atoms with van der Waals surface area (Å²) in [7, 11) is 0. The lowest BCUT2D eigenvalue weighted by atomic mass is 9.82. The van der Waals surface area contributed by atoms with E-state index in [2.05, 4.69) is 21.0 Å². The molecular weight excluding hydrogens is 384 g/mol. The summed E-state index contributed by atoms with van der Waals surface area (Å²) >= 11 is 0. The van der Waals surface area contributed by atoms with Crippen molar-refractivity contribution in [3.05, 3.63) is 70.9 Å². The van der Waals surface area contributed by atoms with Gasteiger partial charge in [0.15, 0.2) is 0 Å². The number of nitrogens with two attached hydrogens (primary N) is 1. The molecule has 1 aliphatic heterocycles. The van der Waals surface area contributed by atoms with Crippen LogP contribution >= 0.6 is 0 Å². The quantitative estimate of drug-likeness (QED) is 0.718. The van der Waals surface area contributed by atoms with E-state index in [-0.39, 0.29) is 17.4 Å². The van der Waals surface area contributed by atoms with Gasteiger partial charge < -0.3 is 5.73 Å². The van der Waals surface area contributed by atoms with Gasteiger partial charge in [-0.25, -0.2) is 8.78 Å². The summed E-state index contributed by atoms with van der Waals surface area (Å²) in [6.45, 7) is -0.778. The largest absolute Gasteiger partial charge is 0.387 e. The molecule has 3 atom stereocenters. The lowest BCUT2D eigenvalue weighted by molar-refractivity contribution is 0.254. The molecule has 2 aromatic heterocycles. The Hall–Kier alpha value is -3.40. The molecule has 2 aliphatic rings. The highest BCUT2D eigenvalue weighted by atomic mass is 19.1. The van der Waals surface area contributed by atoms with Crippen molar-refractivity contribution in [1.29, 1.82) is 5.26 Å². The SMILES string of the molecule is N#Cc1cnc2c(Cc3ccc(F)c([C@@]4(CF)N=C(N)C[C@H]5C[C@H]54)c3)nccc2c1. The van der Waals surface area contributed by atoms with Gasteiger partial charge in [-0.1, -0.05) is 6.07 Å². The van der Waals surface area contributed by atoms with Gasteiger partial charge in [0, 0.05) is 36.2 Å². The highest BCUT2D eigenvalue weighted by Crippen LogP contribution is 2.57. The lowest BCUT2D eigenvalue weighted by Gasteiger charge is -2.32. The first-order valence-electron chi connectivity index (χ1n) is 9.87. The molecular formula is C23H19F2N5. The molecule has 5 nitrogen and oxygen atoms in total. The highest BCUT2D eigenvalue weighted by molar-refractivity contribution is 5.83. The Kier molecular flexibility index (Phi) is 4.24. The second-order valence-corrected chi connectivity index (χ2v) is 8.12. The number of rotatable bonds is 4. The summed E-state index contributed by atoms with van der Waals surface area (Å²) in [4.78, 5) is 13.2. The minimum atomic E-state index is -1.24. The molecule has 0 bridgehead atoms. The first kappa shape index (κ1) is 18.6. The number of aromatic nitrogens is 2. The fourth-order valence-corrected chi connectivity index (χ4v) is 4.69. The molecule has 1 aliphatic carbocycles. The average Bonchev–Trinajstić information content (AvgIpc) is 3.54. The summed E-state index contributed by atoms with van der Waals surface area (Å²) in [5, 5.41) is 9.89. The number of hydrogen-bond donors (Lipinski definition) is 1. The summed E-state index contributed by atoms with van der Waals surface area (Å²) in [6.07, 6.45) is 5.04. The zero-order valence-electron chi connectivity index (χ0n) is 16.1. The molecule has 0 amide bonds. The Morgan fingerprint density at radius 1 is 1.23 bits per heavy atom. The number of benzene rings is 1. The zero-order chi connectivity index (χ0) is 20.9. The molecule has 3 aromatic rings.